The summed E-state index contributed by atoms with van der Waals surface area (Å²) in [5, 5.41) is 9.83. The van der Waals surface area contributed by atoms with Crippen LogP contribution in [0.1, 0.15) is 38.7 Å². The number of H-pyrrole nitrogens is 1. The van der Waals surface area contributed by atoms with Gasteiger partial charge in [0.2, 0.25) is 0 Å². The van der Waals surface area contributed by atoms with Gasteiger partial charge in [0.25, 0.3) is 5.91 Å². The fourth-order valence-corrected chi connectivity index (χ4v) is 3.45. The molecule has 2 aromatic carbocycles. The van der Waals surface area contributed by atoms with E-state index in [1.807, 2.05) is 0 Å². The number of nitrogens with one attached hydrogen (secondary N) is 3. The molecule has 4 aromatic rings. The van der Waals surface area contributed by atoms with Crippen LogP contribution in [0.3, 0.4) is 0 Å². The molecule has 2 heterocycles. The van der Waals surface area contributed by atoms with Crippen molar-refractivity contribution in [3.05, 3.63) is 100 Å². The second kappa shape index (κ2) is 10.6. The molecule has 2 aromatic heterocycles. The van der Waals surface area contributed by atoms with E-state index in [4.69, 9.17) is 17.0 Å². The van der Waals surface area contributed by atoms with Gasteiger partial charge in [0, 0.05) is 34.9 Å². The van der Waals surface area contributed by atoms with E-state index in [1.54, 1.807) is 19.2 Å². The minimum Gasteiger partial charge on any atom is -0.332 e. The van der Waals surface area contributed by atoms with Crippen molar-refractivity contribution >= 4 is 35.5 Å². The van der Waals surface area contributed by atoms with E-state index in [0.717, 1.165) is 18.3 Å². The number of aromatic amines is 1. The van der Waals surface area contributed by atoms with Gasteiger partial charge in [-0.2, -0.15) is 13.2 Å². The Morgan fingerprint density at radius 3 is 2.70 bits per heavy atom. The van der Waals surface area contributed by atoms with Gasteiger partial charge in [-0.3, -0.25) is 4.79 Å². The normalized spacial score (nSPS) is 11.3. The maximum Gasteiger partial charge on any atom is 0.416 e. The molecular weight excluding hydrogens is 505 g/mol. The number of amides is 1. The Kier molecular flexibility index (Phi) is 7.27. The largest absolute Gasteiger partial charge is 0.416 e. The second-order valence-corrected chi connectivity index (χ2v) is 8.20. The first-order valence-corrected chi connectivity index (χ1v) is 11.1. The molecule has 0 fully saturated rings. The van der Waals surface area contributed by atoms with Crippen molar-refractivity contribution in [3.8, 4) is 17.5 Å². The number of imidazole rings is 2. The smallest absolute Gasteiger partial charge is 0.332 e. The Morgan fingerprint density at radius 1 is 1.19 bits per heavy atom. The van der Waals surface area contributed by atoms with Crippen LogP contribution in [-0.2, 0) is 6.18 Å². The molecule has 0 aliphatic carbocycles. The Balaban J connectivity index is 1.60. The number of aromatic nitrogens is 4. The zero-order valence-corrected chi connectivity index (χ0v) is 19.9. The third-order valence-electron chi connectivity index (χ3n) is 5.02. The average molecular weight is 523 g/mol. The summed E-state index contributed by atoms with van der Waals surface area (Å²) < 4.78 is 42.0. The number of hydrogen-bond donors (Lipinski definition) is 3. The Bertz CT molecular complexity index is 1570. The van der Waals surface area contributed by atoms with Crippen molar-refractivity contribution in [2.45, 2.75) is 13.1 Å². The maximum atomic E-state index is 13.5. The minimum absolute atomic E-state index is 0.0354. The Labute approximate surface area is 214 Å². The molecule has 0 saturated carbocycles. The van der Waals surface area contributed by atoms with Crippen LogP contribution in [0.15, 0.2) is 61.2 Å². The van der Waals surface area contributed by atoms with Gasteiger partial charge in [-0.1, -0.05) is 17.5 Å². The number of aryl methyl sites for hydroxylation is 1. The van der Waals surface area contributed by atoms with Gasteiger partial charge in [-0.25, -0.2) is 9.97 Å². The van der Waals surface area contributed by atoms with Crippen LogP contribution < -0.4 is 5.32 Å². The fourth-order valence-electron chi connectivity index (χ4n) is 3.28. The molecule has 7 nitrogen and oxygen atoms in total. The van der Waals surface area contributed by atoms with Crippen molar-refractivity contribution in [1.82, 2.24) is 19.5 Å². The lowest BCUT2D eigenvalue weighted by atomic mass is 10.1. The van der Waals surface area contributed by atoms with Crippen LogP contribution in [0.25, 0.3) is 11.8 Å². The van der Waals surface area contributed by atoms with Crippen LogP contribution in [-0.4, -0.2) is 31.6 Å². The maximum absolute atomic E-state index is 13.5. The van der Waals surface area contributed by atoms with Gasteiger partial charge in [-0.05, 0) is 61.4 Å². The van der Waals surface area contributed by atoms with Gasteiger partial charge in [0.1, 0.15) is 11.5 Å². The number of rotatable bonds is 5. The standard InChI is InChI=1S/C26H18ClF3N6O/c1-16-14-36(15-33-16)22-11-19(26(28,29)30)10-21(12-22)35-25(37)18-5-7-23(27)17(9-18)4-6-20-13-32-24(34-20)3-2-8-31/h2-3,5,7-15,31H,1H3,(H,32,34)(H,35,37)/b3-2-,31-8?. The third kappa shape index (κ3) is 6.34. The van der Waals surface area contributed by atoms with Gasteiger partial charge < -0.3 is 20.3 Å². The number of carbonyl (C=O) groups excluding carboxylic acids is 1. The number of hydrogen-bond acceptors (Lipinski definition) is 4. The summed E-state index contributed by atoms with van der Waals surface area (Å²) in [6.45, 7) is 1.72. The van der Waals surface area contributed by atoms with E-state index in [2.05, 4.69) is 32.1 Å². The first-order chi connectivity index (χ1) is 17.6. The van der Waals surface area contributed by atoms with Gasteiger partial charge in [0.05, 0.1) is 28.8 Å². The molecule has 0 bridgehead atoms. The Hall–Kier alpha value is -4.62. The minimum atomic E-state index is -4.62. The lowest BCUT2D eigenvalue weighted by Gasteiger charge is -2.14. The van der Waals surface area contributed by atoms with Gasteiger partial charge >= 0.3 is 6.18 Å². The molecule has 0 aliphatic heterocycles. The molecule has 0 unspecified atom stereocenters. The van der Waals surface area contributed by atoms with Crippen LogP contribution >= 0.6 is 11.6 Å². The van der Waals surface area contributed by atoms with E-state index in [1.165, 1.54) is 47.4 Å². The summed E-state index contributed by atoms with van der Waals surface area (Å²) in [7, 11) is 0. The number of nitrogens with zero attached hydrogens (tertiary/aromatic N) is 3. The lowest BCUT2D eigenvalue weighted by Crippen LogP contribution is -2.14. The highest BCUT2D eigenvalue weighted by Crippen LogP contribution is 2.33. The first kappa shape index (κ1) is 25.5. The molecule has 37 heavy (non-hydrogen) atoms. The molecule has 0 atom stereocenters. The molecule has 0 saturated heterocycles. The summed E-state index contributed by atoms with van der Waals surface area (Å²) in [6.07, 6.45) is 4.08. The van der Waals surface area contributed by atoms with E-state index < -0.39 is 17.6 Å². The van der Waals surface area contributed by atoms with Crippen molar-refractivity contribution in [2.24, 2.45) is 0 Å². The number of benzene rings is 2. The number of anilines is 1. The van der Waals surface area contributed by atoms with Crippen LogP contribution in [0.5, 0.6) is 0 Å². The fraction of sp³-hybridized carbons (Fsp3) is 0.0769. The van der Waals surface area contributed by atoms with E-state index in [0.29, 0.717) is 27.8 Å². The van der Waals surface area contributed by atoms with Crippen molar-refractivity contribution in [1.29, 1.82) is 5.41 Å². The summed E-state index contributed by atoms with van der Waals surface area (Å²) in [5.74, 6) is 5.60. The van der Waals surface area contributed by atoms with Crippen LogP contribution in [0, 0.1) is 24.2 Å². The zero-order valence-electron chi connectivity index (χ0n) is 19.2. The number of alkyl halides is 3. The molecule has 11 heteroatoms. The molecule has 0 radical (unpaired) electrons. The highest BCUT2D eigenvalue weighted by Gasteiger charge is 2.31. The lowest BCUT2D eigenvalue weighted by molar-refractivity contribution is -0.137. The monoisotopic (exact) mass is 522 g/mol. The molecule has 0 spiro atoms. The predicted molar refractivity (Wildman–Crippen MR) is 135 cm³/mol. The summed E-state index contributed by atoms with van der Waals surface area (Å²) in [4.78, 5) is 24.0. The van der Waals surface area contributed by atoms with Gasteiger partial charge in [0.15, 0.2) is 0 Å². The molecule has 4 rings (SSSR count). The van der Waals surface area contributed by atoms with E-state index >= 15 is 0 Å². The molecule has 0 aliphatic rings. The third-order valence-corrected chi connectivity index (χ3v) is 5.35. The second-order valence-electron chi connectivity index (χ2n) is 7.80. The van der Waals surface area contributed by atoms with Crippen molar-refractivity contribution < 1.29 is 18.0 Å². The van der Waals surface area contributed by atoms with Crippen molar-refractivity contribution in [3.63, 3.8) is 0 Å². The number of carbonyl (C=O) groups is 1. The Morgan fingerprint density at radius 2 is 2.00 bits per heavy atom. The number of allylic oxidation sites excluding steroid dienone is 1. The van der Waals surface area contributed by atoms with Crippen LogP contribution in [0.2, 0.25) is 5.02 Å². The molecule has 186 valence electrons. The van der Waals surface area contributed by atoms with Crippen LogP contribution in [0.4, 0.5) is 18.9 Å². The van der Waals surface area contributed by atoms with Gasteiger partial charge in [-0.15, -0.1) is 0 Å². The average Bonchev–Trinajstić information content (AvgIpc) is 3.50. The number of halogens is 4. The summed E-state index contributed by atoms with van der Waals surface area (Å²) in [5.41, 5.74) is 0.872. The summed E-state index contributed by atoms with van der Waals surface area (Å²) in [6, 6.07) is 7.65. The van der Waals surface area contributed by atoms with E-state index in [9.17, 15) is 18.0 Å². The first-order valence-electron chi connectivity index (χ1n) is 10.7. The highest BCUT2D eigenvalue weighted by atomic mass is 35.5. The van der Waals surface area contributed by atoms with E-state index in [-0.39, 0.29) is 16.9 Å². The SMILES string of the molecule is Cc1cn(-c2cc(NC(=O)c3ccc(Cl)c(C#Cc4cnc(/C=C\C=N)[nH]4)c3)cc(C(F)(F)F)c2)cn1. The topological polar surface area (TPSA) is 99.5 Å². The molecular formula is C26H18ClF3N6O. The molecule has 3 N–H and O–H groups in total. The van der Waals surface area contributed by atoms with Crippen molar-refractivity contribution in [2.75, 3.05) is 5.32 Å². The quantitative estimate of drug-likeness (QED) is 0.225. The highest BCUT2D eigenvalue weighted by molar-refractivity contribution is 6.32. The molecule has 1 amide bonds. The zero-order chi connectivity index (χ0) is 26.6. The predicted octanol–water partition coefficient (Wildman–Crippen LogP) is 5.89. The summed E-state index contributed by atoms with van der Waals surface area (Å²) >= 11 is 6.23.